The quantitative estimate of drug-likeness (QED) is 0.380. The van der Waals surface area contributed by atoms with Gasteiger partial charge in [-0.3, -0.25) is 14.6 Å². The molecule has 9 nitrogen and oxygen atoms in total. The van der Waals surface area contributed by atoms with E-state index >= 15 is 0 Å². The van der Waals surface area contributed by atoms with Gasteiger partial charge in [0.1, 0.15) is 6.61 Å². The molecule has 0 saturated carbocycles. The molecule has 1 heterocycles. The van der Waals surface area contributed by atoms with Crippen molar-refractivity contribution in [2.75, 3.05) is 19.5 Å². The third-order valence-electron chi connectivity index (χ3n) is 2.64. The van der Waals surface area contributed by atoms with Crippen LogP contribution in [0.15, 0.2) is 14.6 Å². The molecule has 0 atom stereocenters. The van der Waals surface area contributed by atoms with Gasteiger partial charge in [0.15, 0.2) is 14.9 Å². The summed E-state index contributed by atoms with van der Waals surface area (Å²) in [6.45, 7) is 2.85. The number of aromatic amines is 1. The fourth-order valence-electron chi connectivity index (χ4n) is 1.77. The molecule has 0 amide bonds. The van der Waals surface area contributed by atoms with Gasteiger partial charge in [0.25, 0.3) is 5.56 Å². The predicted molar refractivity (Wildman–Crippen MR) is 76.5 cm³/mol. The highest BCUT2D eigenvalue weighted by molar-refractivity contribution is 7.90. The van der Waals surface area contributed by atoms with Gasteiger partial charge in [-0.15, -0.1) is 4.73 Å². The molecule has 1 rings (SSSR count). The number of hydrogen-bond acceptors (Lipinski definition) is 7. The van der Waals surface area contributed by atoms with Crippen molar-refractivity contribution < 1.29 is 22.8 Å². The molecule has 0 aliphatic heterocycles. The van der Waals surface area contributed by atoms with Gasteiger partial charge in [-0.25, -0.2) is 13.2 Å². The minimum absolute atomic E-state index is 0.0536. The molecule has 0 saturated heterocycles. The summed E-state index contributed by atoms with van der Waals surface area (Å²) in [6.07, 6.45) is 1.27. The Labute approximate surface area is 126 Å². The maximum absolute atomic E-state index is 11.9. The number of hydrogen-bond donors (Lipinski definition) is 1. The number of H-pyrrole nitrogens is 1. The standard InChI is InChI=1S/C12H18N2O7S/c1-4-9-10(16)13-12(17)14(11(9)22(3,18)19)21-7-5-6-20-8(2)15/h4-7H2,1-3H3,(H,13,16,17). The second-order valence-corrected chi connectivity index (χ2v) is 6.42. The van der Waals surface area contributed by atoms with Crippen LogP contribution in [0.25, 0.3) is 0 Å². The van der Waals surface area contributed by atoms with Gasteiger partial charge in [0, 0.05) is 19.6 Å². The van der Waals surface area contributed by atoms with E-state index in [2.05, 4.69) is 4.74 Å². The summed E-state index contributed by atoms with van der Waals surface area (Å²) in [4.78, 5) is 41.2. The zero-order chi connectivity index (χ0) is 16.9. The van der Waals surface area contributed by atoms with E-state index in [1.165, 1.54) is 6.92 Å². The Morgan fingerprint density at radius 2 is 1.91 bits per heavy atom. The van der Waals surface area contributed by atoms with E-state index in [0.29, 0.717) is 4.73 Å². The molecule has 0 unspecified atom stereocenters. The second-order valence-electron chi connectivity index (χ2n) is 4.49. The van der Waals surface area contributed by atoms with Crippen LogP contribution in [-0.2, 0) is 25.8 Å². The highest BCUT2D eigenvalue weighted by Gasteiger charge is 2.23. The number of ether oxygens (including phenoxy) is 1. The maximum Gasteiger partial charge on any atom is 0.362 e. The number of esters is 1. The van der Waals surface area contributed by atoms with Crippen molar-refractivity contribution in [2.24, 2.45) is 0 Å². The molecule has 22 heavy (non-hydrogen) atoms. The van der Waals surface area contributed by atoms with E-state index in [9.17, 15) is 22.8 Å². The number of nitrogens with one attached hydrogen (secondary N) is 1. The minimum atomic E-state index is -3.84. The van der Waals surface area contributed by atoms with Gasteiger partial charge < -0.3 is 9.57 Å². The molecule has 0 fully saturated rings. The topological polar surface area (TPSA) is 125 Å². The lowest BCUT2D eigenvalue weighted by Gasteiger charge is -2.14. The summed E-state index contributed by atoms with van der Waals surface area (Å²) in [5, 5.41) is -0.462. The Bertz CT molecular complexity index is 761. The van der Waals surface area contributed by atoms with E-state index in [-0.39, 0.29) is 31.6 Å². The molecule has 0 radical (unpaired) electrons. The van der Waals surface area contributed by atoms with Crippen LogP contribution in [0.2, 0.25) is 0 Å². The first-order chi connectivity index (χ1) is 10.2. The van der Waals surface area contributed by atoms with Crippen molar-refractivity contribution in [3.8, 4) is 0 Å². The average molecular weight is 334 g/mol. The van der Waals surface area contributed by atoms with Gasteiger partial charge in [-0.1, -0.05) is 6.92 Å². The van der Waals surface area contributed by atoms with E-state index in [1.54, 1.807) is 6.92 Å². The summed E-state index contributed by atoms with van der Waals surface area (Å²) in [6, 6.07) is 0. The average Bonchev–Trinajstić information content (AvgIpc) is 2.38. The second kappa shape index (κ2) is 7.25. The van der Waals surface area contributed by atoms with Crippen molar-refractivity contribution in [3.05, 3.63) is 26.4 Å². The Hall–Kier alpha value is -2.10. The van der Waals surface area contributed by atoms with Crippen molar-refractivity contribution >= 4 is 15.8 Å². The number of carbonyl (C=O) groups excluding carboxylic acids is 1. The number of aromatic nitrogens is 2. The molecule has 124 valence electrons. The molecule has 1 N–H and O–H groups in total. The Balaban J connectivity index is 3.11. The summed E-state index contributed by atoms with van der Waals surface area (Å²) < 4.78 is 29.0. The molecule has 1 aromatic heterocycles. The lowest BCUT2D eigenvalue weighted by molar-refractivity contribution is -0.141. The minimum Gasteiger partial charge on any atom is -0.466 e. The fraction of sp³-hybridized carbons (Fsp3) is 0.583. The number of sulfone groups is 1. The zero-order valence-corrected chi connectivity index (χ0v) is 13.4. The van der Waals surface area contributed by atoms with Crippen LogP contribution < -0.4 is 16.1 Å². The summed E-state index contributed by atoms with van der Waals surface area (Å²) in [7, 11) is -3.84. The van der Waals surface area contributed by atoms with Crippen LogP contribution in [0.5, 0.6) is 0 Å². The SMILES string of the molecule is CCc1c(S(C)(=O)=O)n(OCCCOC(C)=O)c(=O)[nH]c1=O. The fourth-order valence-corrected chi connectivity index (χ4v) is 2.89. The largest absolute Gasteiger partial charge is 0.466 e. The third kappa shape index (κ3) is 4.45. The Kier molecular flexibility index (Phi) is 5.92. The normalized spacial score (nSPS) is 11.2. The summed E-state index contributed by atoms with van der Waals surface area (Å²) in [5.41, 5.74) is -1.79. The lowest BCUT2D eigenvalue weighted by Crippen LogP contribution is -2.40. The maximum atomic E-state index is 11.9. The Morgan fingerprint density at radius 1 is 1.27 bits per heavy atom. The first kappa shape index (κ1) is 18.0. The molecular weight excluding hydrogens is 316 g/mol. The van der Waals surface area contributed by atoms with Gasteiger partial charge in [-0.05, 0) is 6.42 Å². The Morgan fingerprint density at radius 3 is 2.41 bits per heavy atom. The number of nitrogens with zero attached hydrogens (tertiary/aromatic N) is 1. The van der Waals surface area contributed by atoms with Crippen LogP contribution in [0.3, 0.4) is 0 Å². The highest BCUT2D eigenvalue weighted by atomic mass is 32.2. The van der Waals surface area contributed by atoms with Gasteiger partial charge in [0.05, 0.1) is 12.2 Å². The highest BCUT2D eigenvalue weighted by Crippen LogP contribution is 2.09. The number of rotatable bonds is 7. The van der Waals surface area contributed by atoms with Crippen LogP contribution in [0.1, 0.15) is 25.8 Å². The molecule has 0 aliphatic rings. The molecule has 1 aromatic rings. The van der Waals surface area contributed by atoms with E-state index in [1.807, 2.05) is 4.98 Å². The van der Waals surface area contributed by atoms with Crippen LogP contribution in [0.4, 0.5) is 0 Å². The van der Waals surface area contributed by atoms with Crippen LogP contribution in [-0.4, -0.2) is 43.6 Å². The molecular formula is C12H18N2O7S. The monoisotopic (exact) mass is 334 g/mol. The lowest BCUT2D eigenvalue weighted by atomic mass is 10.3. The van der Waals surface area contributed by atoms with Gasteiger partial charge >= 0.3 is 11.7 Å². The zero-order valence-electron chi connectivity index (χ0n) is 12.5. The van der Waals surface area contributed by atoms with E-state index in [0.717, 1.165) is 6.26 Å². The number of carbonyl (C=O) groups is 1. The van der Waals surface area contributed by atoms with Crippen molar-refractivity contribution in [3.63, 3.8) is 0 Å². The summed E-state index contributed by atoms with van der Waals surface area (Å²) in [5.74, 6) is -0.452. The molecule has 0 bridgehead atoms. The molecule has 10 heteroatoms. The van der Waals surface area contributed by atoms with Gasteiger partial charge in [-0.2, -0.15) is 0 Å². The van der Waals surface area contributed by atoms with Crippen molar-refractivity contribution in [2.45, 2.75) is 31.7 Å². The first-order valence-corrected chi connectivity index (χ1v) is 8.42. The first-order valence-electron chi connectivity index (χ1n) is 6.53. The van der Waals surface area contributed by atoms with Crippen LogP contribution in [0, 0.1) is 0 Å². The molecule has 0 spiro atoms. The van der Waals surface area contributed by atoms with Crippen molar-refractivity contribution in [1.82, 2.24) is 9.71 Å². The van der Waals surface area contributed by atoms with E-state index < -0.39 is 32.1 Å². The van der Waals surface area contributed by atoms with Gasteiger partial charge in [0.2, 0.25) is 0 Å². The smallest absolute Gasteiger partial charge is 0.362 e. The van der Waals surface area contributed by atoms with Crippen molar-refractivity contribution in [1.29, 1.82) is 0 Å². The third-order valence-corrected chi connectivity index (χ3v) is 3.76. The van der Waals surface area contributed by atoms with E-state index in [4.69, 9.17) is 4.84 Å². The molecule has 0 aliphatic carbocycles. The predicted octanol–water partition coefficient (Wildman–Crippen LogP) is -1.12. The summed E-state index contributed by atoms with van der Waals surface area (Å²) >= 11 is 0. The van der Waals surface area contributed by atoms with Crippen LogP contribution >= 0.6 is 0 Å². The molecule has 0 aromatic carbocycles.